The Morgan fingerprint density at radius 2 is 2.00 bits per heavy atom. The highest BCUT2D eigenvalue weighted by Gasteiger charge is 2.41. The van der Waals surface area contributed by atoms with Crippen LogP contribution in [0.5, 0.6) is 0 Å². The molecule has 2 aliphatic heterocycles. The van der Waals surface area contributed by atoms with Crippen molar-refractivity contribution in [2.24, 2.45) is 5.92 Å². The second kappa shape index (κ2) is 6.15. The second-order valence-electron chi connectivity index (χ2n) is 7.24. The third kappa shape index (κ3) is 3.68. The van der Waals surface area contributed by atoms with Gasteiger partial charge in [-0.05, 0) is 51.7 Å². The van der Waals surface area contributed by atoms with Gasteiger partial charge in [0.1, 0.15) is 5.60 Å². The molecule has 2 aliphatic rings. The molecule has 1 aromatic heterocycles. The number of aromatic nitrogens is 2. The van der Waals surface area contributed by atoms with E-state index >= 15 is 0 Å². The molecule has 2 fully saturated rings. The van der Waals surface area contributed by atoms with E-state index in [2.05, 4.69) is 15.1 Å². The number of halogens is 1. The Bertz CT molecular complexity index is 572. The van der Waals surface area contributed by atoms with Gasteiger partial charge < -0.3 is 14.5 Å². The lowest BCUT2D eigenvalue weighted by molar-refractivity contribution is 0.0173. The van der Waals surface area contributed by atoms with Crippen molar-refractivity contribution in [3.63, 3.8) is 0 Å². The van der Waals surface area contributed by atoms with E-state index in [1.165, 1.54) is 0 Å². The van der Waals surface area contributed by atoms with Crippen LogP contribution in [0.2, 0.25) is 5.15 Å². The van der Waals surface area contributed by atoms with Crippen molar-refractivity contribution in [1.29, 1.82) is 0 Å². The summed E-state index contributed by atoms with van der Waals surface area (Å²) in [7, 11) is 0. The number of ether oxygens (including phenoxy) is 1. The van der Waals surface area contributed by atoms with Gasteiger partial charge >= 0.3 is 6.09 Å². The fourth-order valence-electron chi connectivity index (χ4n) is 3.38. The standard InChI is InChI=1S/C16H23ClN4O2/c1-16(2,3)23-15(22)20-8-6-11-7-9-21(12(11)10-20)14-5-4-13(17)18-19-14/h4-5,11-12H,6-10H2,1-3H3. The maximum atomic E-state index is 12.3. The van der Waals surface area contributed by atoms with Gasteiger partial charge in [0.05, 0.1) is 6.04 Å². The molecule has 0 spiro atoms. The highest BCUT2D eigenvalue weighted by molar-refractivity contribution is 6.29. The molecular formula is C16H23ClN4O2. The van der Waals surface area contributed by atoms with Gasteiger partial charge in [-0.1, -0.05) is 11.6 Å². The van der Waals surface area contributed by atoms with E-state index in [-0.39, 0.29) is 12.1 Å². The number of nitrogens with zero attached hydrogens (tertiary/aromatic N) is 4. The maximum Gasteiger partial charge on any atom is 0.410 e. The minimum Gasteiger partial charge on any atom is -0.444 e. The van der Waals surface area contributed by atoms with E-state index in [0.29, 0.717) is 17.6 Å². The Morgan fingerprint density at radius 3 is 2.65 bits per heavy atom. The SMILES string of the molecule is CC(C)(C)OC(=O)N1CCC2CCN(c3ccc(Cl)nn3)C2C1. The molecule has 0 N–H and O–H groups in total. The predicted molar refractivity (Wildman–Crippen MR) is 88.7 cm³/mol. The van der Waals surface area contributed by atoms with Crippen LogP contribution in [0.25, 0.3) is 0 Å². The van der Waals surface area contributed by atoms with Crippen LogP contribution < -0.4 is 4.90 Å². The molecule has 6 nitrogen and oxygen atoms in total. The van der Waals surface area contributed by atoms with Crippen molar-refractivity contribution in [2.45, 2.75) is 45.3 Å². The molecule has 3 rings (SSSR count). The van der Waals surface area contributed by atoms with Crippen molar-refractivity contribution in [2.75, 3.05) is 24.5 Å². The largest absolute Gasteiger partial charge is 0.444 e. The molecule has 0 radical (unpaired) electrons. The molecule has 0 bridgehead atoms. The molecule has 2 unspecified atom stereocenters. The summed E-state index contributed by atoms with van der Waals surface area (Å²) in [5.74, 6) is 1.42. The van der Waals surface area contributed by atoms with Crippen molar-refractivity contribution in [1.82, 2.24) is 15.1 Å². The molecule has 7 heteroatoms. The summed E-state index contributed by atoms with van der Waals surface area (Å²) >= 11 is 5.82. The van der Waals surface area contributed by atoms with Crippen molar-refractivity contribution < 1.29 is 9.53 Å². The minimum atomic E-state index is -0.467. The number of anilines is 1. The lowest BCUT2D eigenvalue weighted by Gasteiger charge is -2.39. The van der Waals surface area contributed by atoms with Gasteiger partial charge in [0.25, 0.3) is 0 Å². The zero-order chi connectivity index (χ0) is 16.6. The van der Waals surface area contributed by atoms with Crippen LogP contribution in [0, 0.1) is 5.92 Å². The molecule has 0 aliphatic carbocycles. The quantitative estimate of drug-likeness (QED) is 0.788. The van der Waals surface area contributed by atoms with Gasteiger partial charge in [0.2, 0.25) is 0 Å². The van der Waals surface area contributed by atoms with E-state index < -0.39 is 5.60 Å². The molecule has 23 heavy (non-hydrogen) atoms. The Balaban J connectivity index is 1.71. The first-order valence-electron chi connectivity index (χ1n) is 8.07. The summed E-state index contributed by atoms with van der Waals surface area (Å²) in [5, 5.41) is 8.51. The number of hydrogen-bond donors (Lipinski definition) is 0. The molecule has 1 amide bonds. The fraction of sp³-hybridized carbons (Fsp3) is 0.688. The third-order valence-corrected chi connectivity index (χ3v) is 4.63. The molecule has 3 heterocycles. The topological polar surface area (TPSA) is 58.6 Å². The van der Waals surface area contributed by atoms with Gasteiger partial charge in [-0.2, -0.15) is 0 Å². The zero-order valence-corrected chi connectivity index (χ0v) is 14.6. The Morgan fingerprint density at radius 1 is 1.26 bits per heavy atom. The average molecular weight is 339 g/mol. The van der Waals surface area contributed by atoms with E-state index in [1.54, 1.807) is 6.07 Å². The fourth-order valence-corrected chi connectivity index (χ4v) is 3.48. The molecule has 2 saturated heterocycles. The number of carbonyl (C=O) groups excluding carboxylic acids is 1. The number of amides is 1. The van der Waals surface area contributed by atoms with Crippen molar-refractivity contribution >= 4 is 23.5 Å². The number of piperidine rings is 1. The molecule has 0 saturated carbocycles. The summed E-state index contributed by atoms with van der Waals surface area (Å²) in [5.41, 5.74) is -0.467. The van der Waals surface area contributed by atoms with Crippen LogP contribution in [0.1, 0.15) is 33.6 Å². The highest BCUT2D eigenvalue weighted by Crippen LogP contribution is 2.34. The molecule has 1 aromatic rings. The first-order chi connectivity index (χ1) is 10.8. The van der Waals surface area contributed by atoms with Gasteiger partial charge in [-0.15, -0.1) is 10.2 Å². The van der Waals surface area contributed by atoms with Crippen molar-refractivity contribution in [3.05, 3.63) is 17.3 Å². The van der Waals surface area contributed by atoms with E-state index in [9.17, 15) is 4.79 Å². The van der Waals surface area contributed by atoms with E-state index in [0.717, 1.165) is 31.7 Å². The van der Waals surface area contributed by atoms with Gasteiger partial charge in [0.15, 0.2) is 11.0 Å². The van der Waals surface area contributed by atoms with Crippen LogP contribution in [-0.2, 0) is 4.74 Å². The number of likely N-dealkylation sites (tertiary alicyclic amines) is 1. The Labute approximate surface area is 141 Å². The number of fused-ring (bicyclic) bond motifs is 1. The van der Waals surface area contributed by atoms with Crippen LogP contribution >= 0.6 is 11.6 Å². The van der Waals surface area contributed by atoms with Crippen LogP contribution in [0.3, 0.4) is 0 Å². The minimum absolute atomic E-state index is 0.231. The molecule has 0 aromatic carbocycles. The molecule has 2 atom stereocenters. The predicted octanol–water partition coefficient (Wildman–Crippen LogP) is 2.97. The summed E-state index contributed by atoms with van der Waals surface area (Å²) in [6, 6.07) is 3.92. The maximum absolute atomic E-state index is 12.3. The van der Waals surface area contributed by atoms with Gasteiger partial charge in [-0.25, -0.2) is 4.79 Å². The Hall–Kier alpha value is -1.56. The average Bonchev–Trinajstić information content (AvgIpc) is 2.89. The zero-order valence-electron chi connectivity index (χ0n) is 13.8. The smallest absolute Gasteiger partial charge is 0.410 e. The molecule has 126 valence electrons. The highest BCUT2D eigenvalue weighted by atomic mass is 35.5. The summed E-state index contributed by atoms with van der Waals surface area (Å²) in [6.45, 7) is 8.04. The lowest BCUT2D eigenvalue weighted by atomic mass is 9.92. The number of rotatable bonds is 1. The van der Waals surface area contributed by atoms with E-state index in [1.807, 2.05) is 31.7 Å². The molecular weight excluding hydrogens is 316 g/mol. The number of hydrogen-bond acceptors (Lipinski definition) is 5. The van der Waals surface area contributed by atoms with Gasteiger partial charge in [-0.3, -0.25) is 0 Å². The Kier molecular flexibility index (Phi) is 4.36. The second-order valence-corrected chi connectivity index (χ2v) is 7.63. The van der Waals surface area contributed by atoms with Crippen LogP contribution in [0.4, 0.5) is 10.6 Å². The summed E-state index contributed by atoms with van der Waals surface area (Å²) in [6.07, 6.45) is 1.89. The summed E-state index contributed by atoms with van der Waals surface area (Å²) in [4.78, 5) is 16.4. The monoisotopic (exact) mass is 338 g/mol. The lowest BCUT2D eigenvalue weighted by Crippen LogP contribution is -2.51. The number of carbonyl (C=O) groups is 1. The van der Waals surface area contributed by atoms with Crippen molar-refractivity contribution in [3.8, 4) is 0 Å². The first kappa shape index (κ1) is 16.3. The normalized spacial score (nSPS) is 24.5. The first-order valence-corrected chi connectivity index (χ1v) is 8.45. The van der Waals surface area contributed by atoms with Crippen LogP contribution in [-0.4, -0.2) is 52.5 Å². The van der Waals surface area contributed by atoms with E-state index in [4.69, 9.17) is 16.3 Å². The van der Waals surface area contributed by atoms with Crippen LogP contribution in [0.15, 0.2) is 12.1 Å². The third-order valence-electron chi connectivity index (χ3n) is 4.43. The summed E-state index contributed by atoms with van der Waals surface area (Å²) < 4.78 is 5.51. The van der Waals surface area contributed by atoms with Gasteiger partial charge in [0, 0.05) is 19.6 Å².